The number of hydrogen-bond acceptors (Lipinski definition) is 1. The molecule has 0 bridgehead atoms. The molecule has 0 aromatic carbocycles. The predicted molar refractivity (Wildman–Crippen MR) is 60.7 cm³/mol. The summed E-state index contributed by atoms with van der Waals surface area (Å²) >= 11 is 0. The molecule has 0 radical (unpaired) electrons. The van der Waals surface area contributed by atoms with E-state index in [-0.39, 0.29) is 0 Å². The van der Waals surface area contributed by atoms with Crippen molar-refractivity contribution in [2.75, 3.05) is 0 Å². The van der Waals surface area contributed by atoms with Gasteiger partial charge in [0.15, 0.2) is 0 Å². The fourth-order valence-corrected chi connectivity index (χ4v) is 2.02. The first-order valence-corrected chi connectivity index (χ1v) is 5.87. The minimum absolute atomic E-state index is 0.376. The number of rotatable bonds is 7. The summed E-state index contributed by atoms with van der Waals surface area (Å²) in [6.45, 7) is 9.07. The Morgan fingerprint density at radius 3 is 2.00 bits per heavy atom. The van der Waals surface area contributed by atoms with Gasteiger partial charge in [-0.2, -0.15) is 0 Å². The molecule has 0 aliphatic carbocycles. The molecule has 13 heavy (non-hydrogen) atoms. The Morgan fingerprint density at radius 2 is 1.62 bits per heavy atom. The Morgan fingerprint density at radius 1 is 1.00 bits per heavy atom. The first-order chi connectivity index (χ1) is 6.11. The zero-order chi connectivity index (χ0) is 10.3. The van der Waals surface area contributed by atoms with Crippen LogP contribution in [-0.2, 0) is 0 Å². The van der Waals surface area contributed by atoms with Crippen LogP contribution in [0.5, 0.6) is 0 Å². The lowest BCUT2D eigenvalue weighted by molar-refractivity contribution is 0.296. The van der Waals surface area contributed by atoms with Crippen molar-refractivity contribution < 1.29 is 0 Å². The second kappa shape index (κ2) is 7.37. The molecule has 0 heterocycles. The monoisotopic (exact) mass is 185 g/mol. The summed E-state index contributed by atoms with van der Waals surface area (Å²) in [4.78, 5) is 0. The highest BCUT2D eigenvalue weighted by atomic mass is 14.6. The van der Waals surface area contributed by atoms with Crippen LogP contribution in [0.15, 0.2) is 0 Å². The molecule has 0 saturated carbocycles. The average Bonchev–Trinajstić information content (AvgIpc) is 2.10. The zero-order valence-electron chi connectivity index (χ0n) is 9.84. The van der Waals surface area contributed by atoms with E-state index in [1.54, 1.807) is 0 Å². The Kier molecular flexibility index (Phi) is 7.35. The predicted octanol–water partition coefficient (Wildman–Crippen LogP) is 3.58. The highest BCUT2D eigenvalue weighted by molar-refractivity contribution is 4.67. The lowest BCUT2D eigenvalue weighted by atomic mass is 9.84. The molecule has 0 saturated heterocycles. The Balaban J connectivity index is 3.69. The van der Waals surface area contributed by atoms with Gasteiger partial charge in [-0.25, -0.2) is 0 Å². The van der Waals surface area contributed by atoms with Crippen molar-refractivity contribution >= 4 is 0 Å². The molecule has 0 fully saturated rings. The van der Waals surface area contributed by atoms with Gasteiger partial charge in [-0.15, -0.1) is 0 Å². The van der Waals surface area contributed by atoms with E-state index in [1.165, 1.54) is 32.1 Å². The summed E-state index contributed by atoms with van der Waals surface area (Å²) in [6, 6.07) is 0.376. The van der Waals surface area contributed by atoms with E-state index in [9.17, 15) is 0 Å². The molecule has 2 N–H and O–H groups in total. The summed E-state index contributed by atoms with van der Waals surface area (Å²) < 4.78 is 0. The van der Waals surface area contributed by atoms with Crippen LogP contribution in [0.4, 0.5) is 0 Å². The summed E-state index contributed by atoms with van der Waals surface area (Å²) in [5.41, 5.74) is 5.76. The molecular weight excluding hydrogens is 158 g/mol. The van der Waals surface area contributed by atoms with Gasteiger partial charge in [-0.3, -0.25) is 0 Å². The van der Waals surface area contributed by atoms with Crippen LogP contribution in [0.1, 0.15) is 59.8 Å². The topological polar surface area (TPSA) is 26.0 Å². The first kappa shape index (κ1) is 13.0. The molecule has 0 aromatic rings. The molecule has 0 spiro atoms. The largest absolute Gasteiger partial charge is 0.328 e. The Hall–Kier alpha value is -0.0400. The lowest BCUT2D eigenvalue weighted by Gasteiger charge is -2.22. The minimum Gasteiger partial charge on any atom is -0.328 e. The average molecular weight is 185 g/mol. The van der Waals surface area contributed by atoms with Crippen molar-refractivity contribution in [2.24, 2.45) is 17.6 Å². The summed E-state index contributed by atoms with van der Waals surface area (Å²) in [5.74, 6) is 1.78. The first-order valence-electron chi connectivity index (χ1n) is 5.87. The molecule has 3 unspecified atom stereocenters. The Labute approximate surface area is 84.1 Å². The van der Waals surface area contributed by atoms with Crippen LogP contribution in [0.2, 0.25) is 0 Å². The SMILES string of the molecule is CCCC(CC)C(C)CCC(C)N. The highest BCUT2D eigenvalue weighted by Gasteiger charge is 2.14. The quantitative estimate of drug-likeness (QED) is 0.644. The molecule has 80 valence electrons. The van der Waals surface area contributed by atoms with Gasteiger partial charge in [0.25, 0.3) is 0 Å². The maximum atomic E-state index is 5.76. The molecule has 0 aromatic heterocycles. The minimum atomic E-state index is 0.376. The van der Waals surface area contributed by atoms with Gasteiger partial charge in [-0.1, -0.05) is 40.0 Å². The summed E-state index contributed by atoms with van der Waals surface area (Å²) in [6.07, 6.45) is 6.52. The standard InChI is InChI=1S/C12H27N/c1-5-7-12(6-2)10(3)8-9-11(4)13/h10-12H,5-9,13H2,1-4H3. The van der Waals surface area contributed by atoms with Crippen molar-refractivity contribution in [1.82, 2.24) is 0 Å². The van der Waals surface area contributed by atoms with Crippen molar-refractivity contribution in [2.45, 2.75) is 65.8 Å². The third-order valence-corrected chi connectivity index (χ3v) is 3.07. The highest BCUT2D eigenvalue weighted by Crippen LogP contribution is 2.25. The van der Waals surface area contributed by atoms with E-state index in [0.717, 1.165) is 11.8 Å². The van der Waals surface area contributed by atoms with Crippen molar-refractivity contribution in [1.29, 1.82) is 0 Å². The van der Waals surface area contributed by atoms with Gasteiger partial charge >= 0.3 is 0 Å². The lowest BCUT2D eigenvalue weighted by Crippen LogP contribution is -2.18. The molecule has 1 nitrogen and oxygen atoms in total. The van der Waals surface area contributed by atoms with Crippen LogP contribution in [-0.4, -0.2) is 6.04 Å². The maximum absolute atomic E-state index is 5.76. The van der Waals surface area contributed by atoms with E-state index in [0.29, 0.717) is 6.04 Å². The van der Waals surface area contributed by atoms with Crippen molar-refractivity contribution in [3.63, 3.8) is 0 Å². The fraction of sp³-hybridized carbons (Fsp3) is 1.00. The second-order valence-electron chi connectivity index (χ2n) is 4.49. The fourth-order valence-electron chi connectivity index (χ4n) is 2.02. The van der Waals surface area contributed by atoms with Gasteiger partial charge in [-0.05, 0) is 31.6 Å². The van der Waals surface area contributed by atoms with Crippen LogP contribution < -0.4 is 5.73 Å². The van der Waals surface area contributed by atoms with E-state index < -0.39 is 0 Å². The Bertz CT molecular complexity index is 110. The van der Waals surface area contributed by atoms with Crippen molar-refractivity contribution in [3.05, 3.63) is 0 Å². The van der Waals surface area contributed by atoms with Crippen LogP contribution in [0.3, 0.4) is 0 Å². The van der Waals surface area contributed by atoms with Gasteiger partial charge < -0.3 is 5.73 Å². The van der Waals surface area contributed by atoms with E-state index in [4.69, 9.17) is 5.73 Å². The maximum Gasteiger partial charge on any atom is 0.00105 e. The van der Waals surface area contributed by atoms with E-state index in [1.807, 2.05) is 0 Å². The normalized spacial score (nSPS) is 18.2. The van der Waals surface area contributed by atoms with Crippen LogP contribution >= 0.6 is 0 Å². The number of nitrogens with two attached hydrogens (primary N) is 1. The summed E-state index contributed by atoms with van der Waals surface area (Å²) in [7, 11) is 0. The van der Waals surface area contributed by atoms with Gasteiger partial charge in [0, 0.05) is 6.04 Å². The smallest absolute Gasteiger partial charge is 0.00105 e. The molecule has 0 rings (SSSR count). The molecule has 0 amide bonds. The molecule has 3 atom stereocenters. The molecular formula is C12H27N. The third-order valence-electron chi connectivity index (χ3n) is 3.07. The molecule has 0 aliphatic rings. The summed E-state index contributed by atoms with van der Waals surface area (Å²) in [5, 5.41) is 0. The van der Waals surface area contributed by atoms with Crippen LogP contribution in [0, 0.1) is 11.8 Å². The van der Waals surface area contributed by atoms with Gasteiger partial charge in [0.1, 0.15) is 0 Å². The molecule has 1 heteroatoms. The number of hydrogen-bond donors (Lipinski definition) is 1. The van der Waals surface area contributed by atoms with E-state index >= 15 is 0 Å². The van der Waals surface area contributed by atoms with E-state index in [2.05, 4.69) is 27.7 Å². The van der Waals surface area contributed by atoms with Crippen LogP contribution in [0.25, 0.3) is 0 Å². The van der Waals surface area contributed by atoms with Gasteiger partial charge in [0.05, 0.1) is 0 Å². The zero-order valence-corrected chi connectivity index (χ0v) is 9.84. The van der Waals surface area contributed by atoms with Gasteiger partial charge in [0.2, 0.25) is 0 Å². The second-order valence-corrected chi connectivity index (χ2v) is 4.49. The third kappa shape index (κ3) is 6.09. The van der Waals surface area contributed by atoms with Crippen molar-refractivity contribution in [3.8, 4) is 0 Å². The molecule has 0 aliphatic heterocycles.